The van der Waals surface area contributed by atoms with Crippen molar-refractivity contribution in [3.8, 4) is 0 Å². The van der Waals surface area contributed by atoms with Gasteiger partial charge in [-0.3, -0.25) is 0 Å². The summed E-state index contributed by atoms with van der Waals surface area (Å²) in [6, 6.07) is 47.3. The lowest BCUT2D eigenvalue weighted by Crippen LogP contribution is -2.64. The minimum atomic E-state index is -1.82. The SMILES string of the molecule is CO[C@H]1O[C@H](CO[C@H]2O[C@H](COC(=O)c3ccccc3)[C@@H](OC(=O)c3ccccc3)[C@H](OC(=O)c3ccccc3)[C@@H]2OC(=O)c2ccccc2)[C@@H](OC(=O)c2ccccc2)[C@H](O)[C@@H]1OC(=O)c1ccccc1. The van der Waals surface area contributed by atoms with Crippen LogP contribution < -0.4 is 0 Å². The normalized spacial score (nSPS) is 23.6. The Kier molecular flexibility index (Phi) is 16.9. The van der Waals surface area contributed by atoms with Crippen LogP contribution in [0.5, 0.6) is 0 Å². The van der Waals surface area contributed by atoms with Crippen LogP contribution in [0.2, 0.25) is 0 Å². The summed E-state index contributed by atoms with van der Waals surface area (Å²) in [6.07, 6.45) is -16.6. The van der Waals surface area contributed by atoms with E-state index in [4.69, 9.17) is 47.4 Å². The molecule has 8 rings (SSSR count). The molecular formula is C55H48O17. The predicted octanol–water partition coefficient (Wildman–Crippen LogP) is 6.45. The third-order valence-corrected chi connectivity index (χ3v) is 11.5. The fourth-order valence-electron chi connectivity index (χ4n) is 7.87. The number of methoxy groups -OCH3 is 1. The number of ether oxygens (including phenoxy) is 10. The van der Waals surface area contributed by atoms with Crippen molar-refractivity contribution in [3.05, 3.63) is 215 Å². The molecule has 1 N–H and O–H groups in total. The maximum atomic E-state index is 14.1. The van der Waals surface area contributed by atoms with Crippen LogP contribution >= 0.6 is 0 Å². The van der Waals surface area contributed by atoms with Gasteiger partial charge in [0.05, 0.1) is 40.0 Å². The second-order valence-corrected chi connectivity index (χ2v) is 16.3. The van der Waals surface area contributed by atoms with Crippen molar-refractivity contribution in [2.24, 2.45) is 0 Å². The van der Waals surface area contributed by atoms with E-state index in [-0.39, 0.29) is 33.4 Å². The lowest BCUT2D eigenvalue weighted by molar-refractivity contribution is -0.326. The van der Waals surface area contributed by atoms with Gasteiger partial charge in [0.15, 0.2) is 43.1 Å². The van der Waals surface area contributed by atoms with Crippen LogP contribution in [-0.4, -0.2) is 123 Å². The molecule has 6 aromatic carbocycles. The first-order valence-electron chi connectivity index (χ1n) is 22.7. The van der Waals surface area contributed by atoms with Crippen molar-refractivity contribution < 1.29 is 81.2 Å². The van der Waals surface area contributed by atoms with Crippen molar-refractivity contribution in [2.75, 3.05) is 20.3 Å². The minimum absolute atomic E-state index is 0.0618. The molecule has 2 fully saturated rings. The Balaban J connectivity index is 1.17. The zero-order valence-corrected chi connectivity index (χ0v) is 38.5. The molecule has 0 unspecified atom stereocenters. The van der Waals surface area contributed by atoms with E-state index in [0.29, 0.717) is 0 Å². The minimum Gasteiger partial charge on any atom is -0.459 e. The van der Waals surface area contributed by atoms with Gasteiger partial charge in [-0.2, -0.15) is 0 Å². The summed E-state index contributed by atoms with van der Waals surface area (Å²) in [7, 11) is 1.24. The molecule has 0 radical (unpaired) electrons. The molecule has 17 heteroatoms. The van der Waals surface area contributed by atoms with Crippen molar-refractivity contribution >= 4 is 35.8 Å². The maximum Gasteiger partial charge on any atom is 0.338 e. The van der Waals surface area contributed by atoms with E-state index in [2.05, 4.69) is 0 Å². The molecular weight excluding hydrogens is 933 g/mol. The summed E-state index contributed by atoms with van der Waals surface area (Å²) in [6.45, 7) is -1.31. The van der Waals surface area contributed by atoms with Gasteiger partial charge in [0.25, 0.3) is 0 Å². The molecule has 2 aliphatic heterocycles. The first kappa shape index (κ1) is 50.3. The zero-order valence-electron chi connectivity index (χ0n) is 38.5. The largest absolute Gasteiger partial charge is 0.459 e. The van der Waals surface area contributed by atoms with Gasteiger partial charge in [0, 0.05) is 7.11 Å². The summed E-state index contributed by atoms with van der Waals surface area (Å²) in [5, 5.41) is 12.0. The molecule has 10 atom stereocenters. The topological polar surface area (TPSA) is 215 Å². The summed E-state index contributed by atoms with van der Waals surface area (Å²) >= 11 is 0. The summed E-state index contributed by atoms with van der Waals surface area (Å²) < 4.78 is 60.6. The molecule has 370 valence electrons. The van der Waals surface area contributed by atoms with Crippen LogP contribution in [-0.2, 0) is 47.4 Å². The molecule has 2 heterocycles. The van der Waals surface area contributed by atoms with E-state index in [1.54, 1.807) is 109 Å². The van der Waals surface area contributed by atoms with Gasteiger partial charge in [-0.25, -0.2) is 28.8 Å². The number of carbonyl (C=O) groups is 6. The molecule has 0 saturated carbocycles. The molecule has 72 heavy (non-hydrogen) atoms. The molecule has 6 aromatic rings. The lowest BCUT2D eigenvalue weighted by atomic mass is 9.97. The van der Waals surface area contributed by atoms with Crippen molar-refractivity contribution in [3.63, 3.8) is 0 Å². The maximum absolute atomic E-state index is 14.1. The predicted molar refractivity (Wildman–Crippen MR) is 251 cm³/mol. The Morgan fingerprint density at radius 3 is 1.07 bits per heavy atom. The number of esters is 6. The van der Waals surface area contributed by atoms with Crippen LogP contribution in [0.1, 0.15) is 62.1 Å². The van der Waals surface area contributed by atoms with Crippen molar-refractivity contribution in [1.82, 2.24) is 0 Å². The van der Waals surface area contributed by atoms with Gasteiger partial charge in [-0.1, -0.05) is 109 Å². The molecule has 2 saturated heterocycles. The highest BCUT2D eigenvalue weighted by atomic mass is 16.8. The van der Waals surface area contributed by atoms with Gasteiger partial charge < -0.3 is 52.5 Å². The van der Waals surface area contributed by atoms with Gasteiger partial charge >= 0.3 is 35.8 Å². The summed E-state index contributed by atoms with van der Waals surface area (Å²) in [4.78, 5) is 82.7. The second-order valence-electron chi connectivity index (χ2n) is 16.3. The van der Waals surface area contributed by atoms with E-state index in [9.17, 15) is 33.9 Å². The van der Waals surface area contributed by atoms with E-state index < -0.39 is 110 Å². The summed E-state index contributed by atoms with van der Waals surface area (Å²) in [5.41, 5.74) is 0.637. The number of rotatable bonds is 17. The van der Waals surface area contributed by atoms with Gasteiger partial charge in [-0.05, 0) is 72.8 Å². The molecule has 0 aromatic heterocycles. The Bertz CT molecular complexity index is 2750. The molecule has 0 amide bonds. The fourth-order valence-corrected chi connectivity index (χ4v) is 7.87. The van der Waals surface area contributed by atoms with Crippen molar-refractivity contribution in [2.45, 2.75) is 61.4 Å². The van der Waals surface area contributed by atoms with Crippen LogP contribution in [0.4, 0.5) is 0 Å². The monoisotopic (exact) mass is 980 g/mol. The summed E-state index contributed by atoms with van der Waals surface area (Å²) in [5.74, 6) is -5.31. The van der Waals surface area contributed by atoms with Crippen LogP contribution in [0.15, 0.2) is 182 Å². The highest BCUT2D eigenvalue weighted by Gasteiger charge is 2.55. The molecule has 2 aliphatic rings. The van der Waals surface area contributed by atoms with Gasteiger partial charge in [-0.15, -0.1) is 0 Å². The Morgan fingerprint density at radius 1 is 0.375 bits per heavy atom. The smallest absolute Gasteiger partial charge is 0.338 e. The third-order valence-electron chi connectivity index (χ3n) is 11.5. The van der Waals surface area contributed by atoms with Gasteiger partial charge in [0.1, 0.15) is 24.9 Å². The fraction of sp³-hybridized carbons (Fsp3) is 0.236. The number of benzene rings is 6. The molecule has 17 nitrogen and oxygen atoms in total. The number of carbonyl (C=O) groups excluding carboxylic acids is 6. The van der Waals surface area contributed by atoms with E-state index >= 15 is 0 Å². The average molecular weight is 981 g/mol. The van der Waals surface area contributed by atoms with E-state index in [0.717, 1.165) is 0 Å². The van der Waals surface area contributed by atoms with Crippen molar-refractivity contribution in [1.29, 1.82) is 0 Å². The number of hydrogen-bond donors (Lipinski definition) is 1. The van der Waals surface area contributed by atoms with E-state index in [1.165, 1.54) is 79.9 Å². The lowest BCUT2D eigenvalue weighted by Gasteiger charge is -2.46. The molecule has 0 spiro atoms. The first-order chi connectivity index (χ1) is 35.1. The Hall–Kier alpha value is -8.06. The quantitative estimate of drug-likeness (QED) is 0.0768. The zero-order chi connectivity index (χ0) is 50.4. The van der Waals surface area contributed by atoms with Crippen LogP contribution in [0, 0.1) is 0 Å². The number of aliphatic hydroxyl groups is 1. The van der Waals surface area contributed by atoms with E-state index in [1.807, 2.05) is 0 Å². The highest BCUT2D eigenvalue weighted by molar-refractivity contribution is 5.92. The Labute approximate surface area is 413 Å². The third kappa shape index (κ3) is 12.4. The second kappa shape index (κ2) is 24.2. The van der Waals surface area contributed by atoms with Crippen LogP contribution in [0.25, 0.3) is 0 Å². The molecule has 0 bridgehead atoms. The molecule has 0 aliphatic carbocycles. The van der Waals surface area contributed by atoms with Gasteiger partial charge in [0.2, 0.25) is 0 Å². The first-order valence-corrected chi connectivity index (χ1v) is 22.7. The Morgan fingerprint density at radius 2 is 0.681 bits per heavy atom. The highest BCUT2D eigenvalue weighted by Crippen LogP contribution is 2.34. The standard InChI is InChI=1S/C55H48O17/c1-63-54-45(70-51(60)37-26-14-5-15-27-37)42(56)43(68-49(58)35-22-10-3-11-23-35)40(66-54)33-65-55-47(72-53(62)39-30-18-7-19-31-39)46(71-52(61)38-28-16-6-17-29-38)44(69-50(59)36-24-12-4-13-25-36)41(67-55)32-64-48(57)34-20-8-2-9-21-34/h2-31,40-47,54-56H,32-33H2,1H3/t40-,41-,42+,43-,44-,45+,46+,47+,54+,55+/m1/s1. The average Bonchev–Trinajstić information content (AvgIpc) is 3.43. The number of hydrogen-bond acceptors (Lipinski definition) is 17. The van der Waals surface area contributed by atoms with Crippen LogP contribution in [0.3, 0.4) is 0 Å². The number of aliphatic hydroxyl groups excluding tert-OH is 1.